The lowest BCUT2D eigenvalue weighted by atomic mass is 10.1. The SMILES string of the molecule is Brc1ccc(NC2CCc3cc(Br)ccc32)cc1. The summed E-state index contributed by atoms with van der Waals surface area (Å²) in [5.41, 5.74) is 4.07. The Bertz CT molecular complexity index is 563. The minimum Gasteiger partial charge on any atom is -0.378 e. The van der Waals surface area contributed by atoms with Crippen LogP contribution in [-0.4, -0.2) is 0 Å². The van der Waals surface area contributed by atoms with Gasteiger partial charge in [0.1, 0.15) is 0 Å². The van der Waals surface area contributed by atoms with Crippen LogP contribution >= 0.6 is 31.9 Å². The summed E-state index contributed by atoms with van der Waals surface area (Å²) >= 11 is 6.99. The Morgan fingerprint density at radius 1 is 0.944 bits per heavy atom. The van der Waals surface area contributed by atoms with Crippen molar-refractivity contribution in [2.24, 2.45) is 0 Å². The molecule has 1 aliphatic carbocycles. The molecule has 0 bridgehead atoms. The van der Waals surface area contributed by atoms with E-state index >= 15 is 0 Å². The highest BCUT2D eigenvalue weighted by molar-refractivity contribution is 9.10. The van der Waals surface area contributed by atoms with Crippen molar-refractivity contribution in [2.45, 2.75) is 18.9 Å². The summed E-state index contributed by atoms with van der Waals surface area (Å²) in [4.78, 5) is 0. The molecular weight excluding hydrogens is 354 g/mol. The van der Waals surface area contributed by atoms with E-state index in [-0.39, 0.29) is 0 Å². The monoisotopic (exact) mass is 365 g/mol. The first-order valence-corrected chi connectivity index (χ1v) is 7.61. The average molecular weight is 367 g/mol. The highest BCUT2D eigenvalue weighted by atomic mass is 79.9. The molecule has 2 aromatic carbocycles. The molecule has 2 aromatic rings. The Morgan fingerprint density at radius 3 is 2.44 bits per heavy atom. The van der Waals surface area contributed by atoms with Gasteiger partial charge in [0.15, 0.2) is 0 Å². The smallest absolute Gasteiger partial charge is 0.0519 e. The molecule has 0 aliphatic heterocycles. The second-order valence-corrected chi connectivity index (χ2v) is 6.42. The predicted molar refractivity (Wildman–Crippen MR) is 83.0 cm³/mol. The van der Waals surface area contributed by atoms with Gasteiger partial charge in [-0.15, -0.1) is 0 Å². The minimum atomic E-state index is 0.439. The van der Waals surface area contributed by atoms with Gasteiger partial charge in [0, 0.05) is 14.6 Å². The fraction of sp³-hybridized carbons (Fsp3) is 0.200. The van der Waals surface area contributed by atoms with E-state index in [4.69, 9.17) is 0 Å². The summed E-state index contributed by atoms with van der Waals surface area (Å²) in [6.45, 7) is 0. The molecule has 1 unspecified atom stereocenters. The Labute approximate surface area is 124 Å². The van der Waals surface area contributed by atoms with Crippen LogP contribution in [0.4, 0.5) is 5.69 Å². The molecule has 0 spiro atoms. The molecule has 1 atom stereocenters. The summed E-state index contributed by atoms with van der Waals surface area (Å²) in [6, 6.07) is 15.4. The number of benzene rings is 2. The number of anilines is 1. The van der Waals surface area contributed by atoms with E-state index in [9.17, 15) is 0 Å². The molecule has 92 valence electrons. The first-order valence-electron chi connectivity index (χ1n) is 6.03. The lowest BCUT2D eigenvalue weighted by Gasteiger charge is -2.15. The van der Waals surface area contributed by atoms with Crippen LogP contribution in [0.5, 0.6) is 0 Å². The first kappa shape index (κ1) is 12.2. The average Bonchev–Trinajstić information content (AvgIpc) is 2.74. The van der Waals surface area contributed by atoms with Gasteiger partial charge < -0.3 is 5.32 Å². The molecule has 0 saturated heterocycles. The summed E-state index contributed by atoms with van der Waals surface area (Å²) in [7, 11) is 0. The lowest BCUT2D eigenvalue weighted by molar-refractivity contribution is 0.762. The molecule has 3 heteroatoms. The Balaban J connectivity index is 1.82. The third kappa shape index (κ3) is 2.47. The molecule has 0 radical (unpaired) electrons. The summed E-state index contributed by atoms with van der Waals surface area (Å²) in [6.07, 6.45) is 2.32. The van der Waals surface area contributed by atoms with Crippen LogP contribution in [-0.2, 0) is 6.42 Å². The molecule has 1 N–H and O–H groups in total. The van der Waals surface area contributed by atoms with Crippen LogP contribution in [0.3, 0.4) is 0 Å². The van der Waals surface area contributed by atoms with Gasteiger partial charge in [-0.2, -0.15) is 0 Å². The fourth-order valence-corrected chi connectivity index (χ4v) is 3.16. The molecule has 0 saturated carbocycles. The van der Waals surface area contributed by atoms with Crippen LogP contribution in [0, 0.1) is 0 Å². The highest BCUT2D eigenvalue weighted by Crippen LogP contribution is 2.35. The third-order valence-electron chi connectivity index (χ3n) is 3.37. The Hall–Kier alpha value is -0.800. The van der Waals surface area contributed by atoms with Crippen molar-refractivity contribution < 1.29 is 0 Å². The summed E-state index contributed by atoms with van der Waals surface area (Å²) in [5.74, 6) is 0. The molecule has 1 nitrogen and oxygen atoms in total. The van der Waals surface area contributed by atoms with Gasteiger partial charge in [0.2, 0.25) is 0 Å². The Morgan fingerprint density at radius 2 is 1.67 bits per heavy atom. The van der Waals surface area contributed by atoms with E-state index in [0.29, 0.717) is 6.04 Å². The molecule has 1 aliphatic rings. The predicted octanol–water partition coefficient (Wildman–Crippen LogP) is 5.31. The van der Waals surface area contributed by atoms with E-state index in [1.807, 2.05) is 0 Å². The maximum absolute atomic E-state index is 3.61. The number of fused-ring (bicyclic) bond motifs is 1. The number of halogens is 2. The van der Waals surface area contributed by atoms with Gasteiger partial charge >= 0.3 is 0 Å². The maximum atomic E-state index is 3.61. The van der Waals surface area contributed by atoms with E-state index in [1.54, 1.807) is 0 Å². The van der Waals surface area contributed by atoms with E-state index in [2.05, 4.69) is 79.6 Å². The summed E-state index contributed by atoms with van der Waals surface area (Å²) < 4.78 is 2.29. The van der Waals surface area contributed by atoms with Gasteiger partial charge in [-0.05, 0) is 60.4 Å². The zero-order chi connectivity index (χ0) is 12.5. The number of hydrogen-bond acceptors (Lipinski definition) is 1. The van der Waals surface area contributed by atoms with Crippen LogP contribution in [0.1, 0.15) is 23.6 Å². The van der Waals surface area contributed by atoms with Crippen molar-refractivity contribution in [3.63, 3.8) is 0 Å². The second kappa shape index (κ2) is 5.06. The topological polar surface area (TPSA) is 12.0 Å². The zero-order valence-corrected chi connectivity index (χ0v) is 13.0. The zero-order valence-electron chi connectivity index (χ0n) is 9.79. The third-order valence-corrected chi connectivity index (χ3v) is 4.39. The molecule has 0 amide bonds. The number of hydrogen-bond donors (Lipinski definition) is 1. The number of nitrogens with one attached hydrogen (secondary N) is 1. The molecule has 0 aromatic heterocycles. The standard InChI is InChI=1S/C15H13Br2N/c16-11-2-5-13(6-3-11)18-15-8-1-10-9-12(17)4-7-14(10)15/h2-7,9,15,18H,1,8H2. The van der Waals surface area contributed by atoms with E-state index in [0.717, 1.165) is 10.9 Å². The van der Waals surface area contributed by atoms with Crippen molar-refractivity contribution in [3.05, 3.63) is 62.5 Å². The van der Waals surface area contributed by atoms with Crippen LogP contribution in [0.25, 0.3) is 0 Å². The van der Waals surface area contributed by atoms with Gasteiger partial charge in [0.05, 0.1) is 6.04 Å². The largest absolute Gasteiger partial charge is 0.378 e. The van der Waals surface area contributed by atoms with Crippen molar-refractivity contribution in [2.75, 3.05) is 5.32 Å². The van der Waals surface area contributed by atoms with Crippen LogP contribution < -0.4 is 5.32 Å². The maximum Gasteiger partial charge on any atom is 0.0519 e. The van der Waals surface area contributed by atoms with E-state index in [1.165, 1.54) is 27.7 Å². The normalized spacial score (nSPS) is 17.6. The number of rotatable bonds is 2. The van der Waals surface area contributed by atoms with Crippen molar-refractivity contribution in [3.8, 4) is 0 Å². The highest BCUT2D eigenvalue weighted by Gasteiger charge is 2.22. The van der Waals surface area contributed by atoms with Gasteiger partial charge in [-0.1, -0.05) is 37.9 Å². The van der Waals surface area contributed by atoms with Crippen molar-refractivity contribution >= 4 is 37.5 Å². The quantitative estimate of drug-likeness (QED) is 0.759. The van der Waals surface area contributed by atoms with Gasteiger partial charge in [-0.3, -0.25) is 0 Å². The second-order valence-electron chi connectivity index (χ2n) is 4.59. The molecule has 0 heterocycles. The molecule has 3 rings (SSSR count). The van der Waals surface area contributed by atoms with Crippen molar-refractivity contribution in [1.29, 1.82) is 0 Å². The minimum absolute atomic E-state index is 0.439. The fourth-order valence-electron chi connectivity index (χ4n) is 2.48. The molecular formula is C15H13Br2N. The van der Waals surface area contributed by atoms with Crippen LogP contribution in [0.15, 0.2) is 51.4 Å². The summed E-state index contributed by atoms with van der Waals surface area (Å²) in [5, 5.41) is 3.61. The van der Waals surface area contributed by atoms with E-state index < -0.39 is 0 Å². The van der Waals surface area contributed by atoms with Gasteiger partial charge in [0.25, 0.3) is 0 Å². The molecule has 18 heavy (non-hydrogen) atoms. The molecule has 0 fully saturated rings. The van der Waals surface area contributed by atoms with Crippen LogP contribution in [0.2, 0.25) is 0 Å². The first-order chi connectivity index (χ1) is 8.72. The lowest BCUT2D eigenvalue weighted by Crippen LogP contribution is -2.06. The Kier molecular flexibility index (Phi) is 3.44. The van der Waals surface area contributed by atoms with Gasteiger partial charge in [-0.25, -0.2) is 0 Å². The number of aryl methyl sites for hydroxylation is 1. The van der Waals surface area contributed by atoms with Crippen molar-refractivity contribution in [1.82, 2.24) is 0 Å².